The van der Waals surface area contributed by atoms with Gasteiger partial charge in [-0.2, -0.15) is 0 Å². The third-order valence-corrected chi connectivity index (χ3v) is 6.91. The van der Waals surface area contributed by atoms with Crippen LogP contribution in [-0.2, 0) is 15.0 Å². The van der Waals surface area contributed by atoms with Gasteiger partial charge in [-0.15, -0.1) is 0 Å². The summed E-state index contributed by atoms with van der Waals surface area (Å²) >= 11 is 0. The van der Waals surface area contributed by atoms with E-state index in [-0.39, 0.29) is 23.6 Å². The van der Waals surface area contributed by atoms with Crippen molar-refractivity contribution in [2.45, 2.75) is 43.9 Å². The Bertz CT molecular complexity index is 1000. The van der Waals surface area contributed by atoms with Gasteiger partial charge < -0.3 is 20.9 Å². The average molecular weight is 436 g/mol. The van der Waals surface area contributed by atoms with E-state index in [1.165, 1.54) is 0 Å². The Balaban J connectivity index is 1.26. The standard InChI is InChI=1S/C23H29N7O2/c24-20-17(27-22(32)23(7-8-23)18-14-25-9-10-26-18)5-6-19(28-20)30-13-3-4-16(15-30)21(31)29-11-1-2-12-29/h5-6,9-10,14,16H,1-4,7-8,11-13,15H2,(H2,24,28)(H,27,32)/t16-/m1/s1. The molecule has 2 aliphatic heterocycles. The third-order valence-electron chi connectivity index (χ3n) is 6.91. The van der Waals surface area contributed by atoms with Crippen molar-refractivity contribution in [2.75, 3.05) is 42.1 Å². The molecule has 5 rings (SSSR count). The third kappa shape index (κ3) is 3.87. The van der Waals surface area contributed by atoms with Crippen LogP contribution in [0.3, 0.4) is 0 Å². The first-order valence-corrected chi connectivity index (χ1v) is 11.4. The molecule has 9 heteroatoms. The highest BCUT2D eigenvalue weighted by Gasteiger charge is 2.53. The lowest BCUT2D eigenvalue weighted by atomic mass is 9.96. The van der Waals surface area contributed by atoms with Gasteiger partial charge in [0.15, 0.2) is 0 Å². The molecule has 0 bridgehead atoms. The summed E-state index contributed by atoms with van der Waals surface area (Å²) in [6.07, 6.45) is 10.4. The number of pyridine rings is 1. The fourth-order valence-electron chi connectivity index (χ4n) is 4.84. The summed E-state index contributed by atoms with van der Waals surface area (Å²) in [6, 6.07) is 3.67. The number of nitrogens with zero attached hydrogens (tertiary/aromatic N) is 5. The van der Waals surface area contributed by atoms with Gasteiger partial charge in [0.1, 0.15) is 11.6 Å². The Morgan fingerprint density at radius 2 is 1.91 bits per heavy atom. The van der Waals surface area contributed by atoms with Crippen molar-refractivity contribution in [2.24, 2.45) is 5.92 Å². The first-order valence-electron chi connectivity index (χ1n) is 11.4. The lowest BCUT2D eigenvalue weighted by molar-refractivity contribution is -0.134. The molecule has 0 unspecified atom stereocenters. The highest BCUT2D eigenvalue weighted by Crippen LogP contribution is 2.48. The molecular formula is C23H29N7O2. The number of rotatable bonds is 5. The number of likely N-dealkylation sites (tertiary alicyclic amines) is 1. The van der Waals surface area contributed by atoms with Crippen molar-refractivity contribution >= 4 is 29.1 Å². The number of nitrogens with two attached hydrogens (primary N) is 1. The molecule has 2 amide bonds. The predicted octanol–water partition coefficient (Wildman–Crippen LogP) is 1.96. The molecule has 9 nitrogen and oxygen atoms in total. The first kappa shape index (κ1) is 20.7. The molecule has 0 aromatic carbocycles. The minimum Gasteiger partial charge on any atom is -0.382 e. The molecule has 1 atom stereocenters. The second-order valence-electron chi connectivity index (χ2n) is 9.05. The molecule has 32 heavy (non-hydrogen) atoms. The van der Waals surface area contributed by atoms with Crippen LogP contribution in [0.15, 0.2) is 30.7 Å². The fourth-order valence-corrected chi connectivity index (χ4v) is 4.84. The molecule has 2 aromatic heterocycles. The molecule has 3 N–H and O–H groups in total. The molecule has 0 spiro atoms. The summed E-state index contributed by atoms with van der Waals surface area (Å²) in [5.74, 6) is 1.16. The normalized spacial score (nSPS) is 21.9. The Hall–Kier alpha value is -3.23. The van der Waals surface area contributed by atoms with Crippen LogP contribution in [0.4, 0.5) is 17.3 Å². The number of hydrogen-bond acceptors (Lipinski definition) is 7. The van der Waals surface area contributed by atoms with E-state index in [0.29, 0.717) is 17.9 Å². The van der Waals surface area contributed by atoms with Gasteiger partial charge in [0.2, 0.25) is 11.8 Å². The molecule has 2 saturated heterocycles. The molecular weight excluding hydrogens is 406 g/mol. The van der Waals surface area contributed by atoms with Crippen molar-refractivity contribution in [3.8, 4) is 0 Å². The lowest BCUT2D eigenvalue weighted by Crippen LogP contribution is -2.44. The van der Waals surface area contributed by atoms with E-state index in [0.717, 1.165) is 64.0 Å². The van der Waals surface area contributed by atoms with E-state index < -0.39 is 5.41 Å². The summed E-state index contributed by atoms with van der Waals surface area (Å²) in [6.45, 7) is 3.26. The molecule has 1 saturated carbocycles. The Labute approximate surface area is 187 Å². The number of carbonyl (C=O) groups is 2. The van der Waals surface area contributed by atoms with Crippen molar-refractivity contribution in [3.63, 3.8) is 0 Å². The zero-order valence-corrected chi connectivity index (χ0v) is 18.2. The minimum absolute atomic E-state index is 0.00552. The second kappa shape index (κ2) is 8.37. The Morgan fingerprint density at radius 3 is 2.59 bits per heavy atom. The summed E-state index contributed by atoms with van der Waals surface area (Å²) in [5.41, 5.74) is 6.77. The number of piperidine rings is 1. The second-order valence-corrected chi connectivity index (χ2v) is 9.05. The number of nitrogen functional groups attached to an aromatic ring is 1. The summed E-state index contributed by atoms with van der Waals surface area (Å²) in [5, 5.41) is 2.93. The smallest absolute Gasteiger partial charge is 0.236 e. The number of aromatic nitrogens is 3. The van der Waals surface area contributed by atoms with Crippen LogP contribution in [0.1, 0.15) is 44.2 Å². The van der Waals surface area contributed by atoms with E-state index in [1.807, 2.05) is 11.0 Å². The van der Waals surface area contributed by atoms with Crippen LogP contribution < -0.4 is 16.0 Å². The first-order chi connectivity index (χ1) is 15.6. The number of carbonyl (C=O) groups excluding carboxylic acids is 2. The Kier molecular flexibility index (Phi) is 5.40. The molecule has 3 aliphatic rings. The van der Waals surface area contributed by atoms with Gasteiger partial charge in [-0.25, -0.2) is 4.98 Å². The zero-order chi connectivity index (χ0) is 22.1. The molecule has 4 heterocycles. The van der Waals surface area contributed by atoms with Gasteiger partial charge in [0.05, 0.1) is 22.7 Å². The molecule has 1 aliphatic carbocycles. The van der Waals surface area contributed by atoms with Gasteiger partial charge in [0.25, 0.3) is 0 Å². The predicted molar refractivity (Wildman–Crippen MR) is 121 cm³/mol. The Morgan fingerprint density at radius 1 is 1.09 bits per heavy atom. The van der Waals surface area contributed by atoms with Gasteiger partial charge in [-0.1, -0.05) is 0 Å². The van der Waals surface area contributed by atoms with Crippen LogP contribution in [0.2, 0.25) is 0 Å². The van der Waals surface area contributed by atoms with Gasteiger partial charge in [-0.05, 0) is 50.7 Å². The zero-order valence-electron chi connectivity index (χ0n) is 18.2. The van der Waals surface area contributed by atoms with Crippen LogP contribution in [0.25, 0.3) is 0 Å². The summed E-state index contributed by atoms with van der Waals surface area (Å²) < 4.78 is 0. The number of nitrogens with one attached hydrogen (secondary N) is 1. The van der Waals surface area contributed by atoms with E-state index >= 15 is 0 Å². The summed E-state index contributed by atoms with van der Waals surface area (Å²) in [4.78, 5) is 42.9. The number of amides is 2. The quantitative estimate of drug-likeness (QED) is 0.737. The SMILES string of the molecule is Nc1nc(N2CCC[C@@H](C(=O)N3CCCC3)C2)ccc1NC(=O)C1(c2cnccn2)CC1. The van der Waals surface area contributed by atoms with Crippen molar-refractivity contribution in [1.29, 1.82) is 0 Å². The van der Waals surface area contributed by atoms with Crippen LogP contribution >= 0.6 is 0 Å². The molecule has 0 radical (unpaired) electrons. The topological polar surface area (TPSA) is 117 Å². The number of anilines is 3. The van der Waals surface area contributed by atoms with E-state index in [4.69, 9.17) is 5.73 Å². The molecule has 168 valence electrons. The van der Waals surface area contributed by atoms with Crippen molar-refractivity contribution < 1.29 is 9.59 Å². The highest BCUT2D eigenvalue weighted by molar-refractivity contribution is 6.02. The van der Waals surface area contributed by atoms with Crippen LogP contribution in [0, 0.1) is 5.92 Å². The van der Waals surface area contributed by atoms with Gasteiger partial charge in [0, 0.05) is 44.8 Å². The minimum atomic E-state index is -0.630. The largest absolute Gasteiger partial charge is 0.382 e. The lowest BCUT2D eigenvalue weighted by Gasteiger charge is -2.34. The van der Waals surface area contributed by atoms with E-state index in [9.17, 15) is 9.59 Å². The number of hydrogen-bond donors (Lipinski definition) is 2. The van der Waals surface area contributed by atoms with Gasteiger partial charge in [-0.3, -0.25) is 19.6 Å². The maximum Gasteiger partial charge on any atom is 0.236 e. The maximum atomic E-state index is 13.0. The van der Waals surface area contributed by atoms with Crippen molar-refractivity contribution in [3.05, 3.63) is 36.4 Å². The highest BCUT2D eigenvalue weighted by atomic mass is 16.2. The fraction of sp³-hybridized carbons (Fsp3) is 0.522. The monoisotopic (exact) mass is 435 g/mol. The van der Waals surface area contributed by atoms with E-state index in [1.54, 1.807) is 24.7 Å². The van der Waals surface area contributed by atoms with Crippen molar-refractivity contribution in [1.82, 2.24) is 19.9 Å². The van der Waals surface area contributed by atoms with Crippen LogP contribution in [0.5, 0.6) is 0 Å². The average Bonchev–Trinajstić information content (AvgIpc) is 3.47. The molecule has 3 fully saturated rings. The molecule has 2 aromatic rings. The van der Waals surface area contributed by atoms with E-state index in [2.05, 4.69) is 25.2 Å². The maximum absolute atomic E-state index is 13.0. The van der Waals surface area contributed by atoms with Crippen LogP contribution in [-0.4, -0.2) is 57.8 Å². The summed E-state index contributed by atoms with van der Waals surface area (Å²) in [7, 11) is 0. The van der Waals surface area contributed by atoms with Gasteiger partial charge >= 0.3 is 0 Å².